The highest BCUT2D eigenvalue weighted by Gasteiger charge is 2.51. The molecule has 2 aliphatic rings. The maximum atomic E-state index is 12.9. The number of halogens is 1. The summed E-state index contributed by atoms with van der Waals surface area (Å²) in [6.07, 6.45) is 0.564. The zero-order valence-corrected chi connectivity index (χ0v) is 15.2. The second-order valence-corrected chi connectivity index (χ2v) is 7.56. The average molecular weight is 401 g/mol. The third-order valence-corrected chi connectivity index (χ3v) is 5.26. The van der Waals surface area contributed by atoms with Gasteiger partial charge in [-0.15, -0.1) is 0 Å². The van der Waals surface area contributed by atoms with Crippen LogP contribution < -0.4 is 15.4 Å². The molecule has 0 saturated carbocycles. The summed E-state index contributed by atoms with van der Waals surface area (Å²) in [6.45, 7) is 1.84. The second-order valence-electron chi connectivity index (χ2n) is 6.64. The van der Waals surface area contributed by atoms with Crippen molar-refractivity contribution in [2.75, 3.05) is 5.32 Å². The molecule has 128 valence electrons. The summed E-state index contributed by atoms with van der Waals surface area (Å²) in [6, 6.07) is 14.9. The molecule has 2 aromatic carbocycles. The number of anilines is 1. The van der Waals surface area contributed by atoms with Crippen LogP contribution in [0.4, 0.5) is 5.69 Å². The molecule has 1 saturated heterocycles. The third kappa shape index (κ3) is 2.91. The smallest absolute Gasteiger partial charge is 0.237 e. The Morgan fingerprint density at radius 1 is 1.24 bits per heavy atom. The van der Waals surface area contributed by atoms with Crippen molar-refractivity contribution in [3.8, 4) is 5.75 Å². The normalized spacial score (nSPS) is 26.9. The van der Waals surface area contributed by atoms with Crippen molar-refractivity contribution in [1.29, 1.82) is 0 Å². The topological polar surface area (TPSA) is 67.4 Å². The fraction of sp³-hybridized carbons (Fsp3) is 0.263. The van der Waals surface area contributed by atoms with Crippen LogP contribution in [0, 0.1) is 5.92 Å². The van der Waals surface area contributed by atoms with E-state index in [0.29, 0.717) is 12.1 Å². The van der Waals surface area contributed by atoms with Gasteiger partial charge in [0, 0.05) is 22.5 Å². The molecule has 5 nitrogen and oxygen atoms in total. The van der Waals surface area contributed by atoms with Gasteiger partial charge in [-0.3, -0.25) is 9.59 Å². The van der Waals surface area contributed by atoms with Gasteiger partial charge in [-0.2, -0.15) is 0 Å². The third-order valence-electron chi connectivity index (χ3n) is 4.73. The van der Waals surface area contributed by atoms with Gasteiger partial charge >= 0.3 is 0 Å². The van der Waals surface area contributed by atoms with Gasteiger partial charge < -0.3 is 15.4 Å². The average Bonchev–Trinajstić information content (AvgIpc) is 2.56. The second kappa shape index (κ2) is 5.88. The molecule has 2 bridgehead atoms. The first-order chi connectivity index (χ1) is 12.0. The Kier molecular flexibility index (Phi) is 3.80. The van der Waals surface area contributed by atoms with Crippen LogP contribution in [0.15, 0.2) is 53.0 Å². The zero-order chi connectivity index (χ0) is 17.6. The largest absolute Gasteiger partial charge is 0.468 e. The van der Waals surface area contributed by atoms with Gasteiger partial charge in [-0.25, -0.2) is 0 Å². The molecule has 0 unspecified atom stereocenters. The van der Waals surface area contributed by atoms with E-state index in [1.54, 1.807) is 12.1 Å². The van der Waals surface area contributed by atoms with E-state index in [2.05, 4.69) is 26.6 Å². The molecule has 25 heavy (non-hydrogen) atoms. The predicted molar refractivity (Wildman–Crippen MR) is 97.2 cm³/mol. The van der Waals surface area contributed by atoms with Crippen LogP contribution in [0.25, 0.3) is 0 Å². The minimum absolute atomic E-state index is 0.209. The molecule has 2 amide bonds. The maximum absolute atomic E-state index is 12.9. The molecule has 2 N–H and O–H groups in total. The predicted octanol–water partition coefficient (Wildman–Crippen LogP) is 3.42. The maximum Gasteiger partial charge on any atom is 0.237 e. The van der Waals surface area contributed by atoms with E-state index in [1.807, 2.05) is 43.3 Å². The Morgan fingerprint density at radius 2 is 1.96 bits per heavy atom. The summed E-state index contributed by atoms with van der Waals surface area (Å²) < 4.78 is 6.88. The Bertz CT molecular complexity index is 852. The molecule has 0 radical (unpaired) electrons. The first-order valence-corrected chi connectivity index (χ1v) is 8.91. The van der Waals surface area contributed by atoms with Gasteiger partial charge in [-0.05, 0) is 42.8 Å². The number of amides is 2. The Morgan fingerprint density at radius 3 is 2.72 bits per heavy atom. The lowest BCUT2D eigenvalue weighted by Crippen LogP contribution is -2.62. The number of piperidine rings is 1. The number of nitrogens with one attached hydrogen (secondary N) is 2. The molecule has 2 aromatic rings. The van der Waals surface area contributed by atoms with Gasteiger partial charge in [0.1, 0.15) is 11.7 Å². The van der Waals surface area contributed by atoms with E-state index >= 15 is 0 Å². The van der Waals surface area contributed by atoms with Crippen LogP contribution in [0.3, 0.4) is 0 Å². The number of ether oxygens (including phenoxy) is 1. The van der Waals surface area contributed by atoms with Crippen molar-refractivity contribution in [3.05, 3.63) is 58.6 Å². The van der Waals surface area contributed by atoms with Gasteiger partial charge in [0.05, 0.1) is 0 Å². The SMILES string of the molecule is C[C@]12C[C@H](c3ccccc3O1)[C@H](C(=O)Nc1ccc(Br)cc1)C(=O)N2. The molecule has 0 aromatic heterocycles. The van der Waals surface area contributed by atoms with E-state index < -0.39 is 11.6 Å². The van der Waals surface area contributed by atoms with Gasteiger partial charge in [0.25, 0.3) is 0 Å². The molecule has 6 heteroatoms. The molecule has 4 rings (SSSR count). The number of para-hydroxylation sites is 1. The van der Waals surface area contributed by atoms with Crippen LogP contribution in [0.1, 0.15) is 24.8 Å². The summed E-state index contributed by atoms with van der Waals surface area (Å²) in [4.78, 5) is 25.5. The minimum atomic E-state index is -0.790. The standard InChI is InChI=1S/C19H17BrN2O3/c1-19-10-14(13-4-2-3-5-15(13)25-19)16(18(24)22-19)17(23)21-12-8-6-11(20)7-9-12/h2-9,14,16H,10H2,1H3,(H,21,23)(H,22,24)/t14-,16-,19-/m1/s1. The fourth-order valence-corrected chi connectivity index (χ4v) is 3.91. The summed E-state index contributed by atoms with van der Waals surface area (Å²) in [7, 11) is 0. The first-order valence-electron chi connectivity index (χ1n) is 8.12. The Hall–Kier alpha value is -2.34. The number of hydrogen-bond donors (Lipinski definition) is 2. The summed E-state index contributed by atoms with van der Waals surface area (Å²) >= 11 is 3.37. The van der Waals surface area contributed by atoms with E-state index in [1.165, 1.54) is 0 Å². The highest BCUT2D eigenvalue weighted by Crippen LogP contribution is 2.46. The first kappa shape index (κ1) is 16.1. The quantitative estimate of drug-likeness (QED) is 0.758. The van der Waals surface area contributed by atoms with Crippen molar-refractivity contribution < 1.29 is 14.3 Å². The van der Waals surface area contributed by atoms with Crippen molar-refractivity contribution in [3.63, 3.8) is 0 Å². The van der Waals surface area contributed by atoms with Crippen molar-refractivity contribution in [2.24, 2.45) is 5.92 Å². The summed E-state index contributed by atoms with van der Waals surface area (Å²) in [5.41, 5.74) is 0.797. The summed E-state index contributed by atoms with van der Waals surface area (Å²) in [5, 5.41) is 5.72. The lowest BCUT2D eigenvalue weighted by atomic mass is 9.74. The molecule has 3 atom stereocenters. The highest BCUT2D eigenvalue weighted by molar-refractivity contribution is 9.10. The van der Waals surface area contributed by atoms with Crippen LogP contribution in [-0.4, -0.2) is 17.5 Å². The van der Waals surface area contributed by atoms with Crippen molar-refractivity contribution in [2.45, 2.75) is 25.0 Å². The zero-order valence-electron chi connectivity index (χ0n) is 13.6. The van der Waals surface area contributed by atoms with Gasteiger partial charge in [0.2, 0.25) is 11.8 Å². The summed E-state index contributed by atoms with van der Waals surface area (Å²) in [5.74, 6) is -0.880. The number of rotatable bonds is 2. The highest BCUT2D eigenvalue weighted by atomic mass is 79.9. The van der Waals surface area contributed by atoms with Crippen LogP contribution in [-0.2, 0) is 9.59 Å². The molecule has 2 heterocycles. The number of fused-ring (bicyclic) bond motifs is 4. The Balaban J connectivity index is 1.66. The van der Waals surface area contributed by atoms with Crippen LogP contribution >= 0.6 is 15.9 Å². The van der Waals surface area contributed by atoms with Crippen LogP contribution in [0.2, 0.25) is 0 Å². The number of carbonyl (C=O) groups is 2. The molecular weight excluding hydrogens is 384 g/mol. The lowest BCUT2D eigenvalue weighted by Gasteiger charge is -2.46. The van der Waals surface area contributed by atoms with Crippen molar-refractivity contribution in [1.82, 2.24) is 5.32 Å². The molecular formula is C19H17BrN2O3. The van der Waals surface area contributed by atoms with Crippen LogP contribution in [0.5, 0.6) is 5.75 Å². The monoisotopic (exact) mass is 400 g/mol. The molecule has 0 aliphatic carbocycles. The van der Waals surface area contributed by atoms with E-state index in [9.17, 15) is 9.59 Å². The van der Waals surface area contributed by atoms with Gasteiger partial charge in [0.15, 0.2) is 5.72 Å². The number of hydrogen-bond acceptors (Lipinski definition) is 3. The number of benzene rings is 2. The minimum Gasteiger partial charge on any atom is -0.468 e. The van der Waals surface area contributed by atoms with Crippen molar-refractivity contribution >= 4 is 33.4 Å². The van der Waals surface area contributed by atoms with Gasteiger partial charge in [-0.1, -0.05) is 34.1 Å². The van der Waals surface area contributed by atoms with E-state index in [4.69, 9.17) is 4.74 Å². The Labute approximate surface area is 153 Å². The fourth-order valence-electron chi connectivity index (χ4n) is 3.64. The molecule has 0 spiro atoms. The van der Waals surface area contributed by atoms with E-state index in [-0.39, 0.29) is 17.7 Å². The van der Waals surface area contributed by atoms with E-state index in [0.717, 1.165) is 15.8 Å². The molecule has 1 fully saturated rings. The number of carbonyl (C=O) groups excluding carboxylic acids is 2. The lowest BCUT2D eigenvalue weighted by molar-refractivity contribution is -0.145. The molecule has 2 aliphatic heterocycles.